The molecule has 0 spiro atoms. The number of nitrogens with zero attached hydrogens (tertiary/aromatic N) is 1. The van der Waals surface area contributed by atoms with E-state index in [2.05, 4.69) is 5.32 Å². The first-order valence-electron chi connectivity index (χ1n) is 10.4. The molecule has 0 fully saturated rings. The van der Waals surface area contributed by atoms with E-state index >= 15 is 0 Å². The van der Waals surface area contributed by atoms with Crippen molar-refractivity contribution in [2.45, 2.75) is 45.7 Å². The molecule has 2 aromatic rings. The van der Waals surface area contributed by atoms with E-state index in [1.165, 1.54) is 0 Å². The number of ether oxygens (including phenoxy) is 2. The predicted octanol–water partition coefficient (Wildman–Crippen LogP) is 4.23. The minimum Gasteiger partial charge on any atom is -0.493 e. The molecule has 0 aromatic heterocycles. The van der Waals surface area contributed by atoms with Crippen molar-refractivity contribution in [3.63, 3.8) is 0 Å². The van der Waals surface area contributed by atoms with Crippen LogP contribution in [0, 0.1) is 0 Å². The number of halogens is 1. The fraction of sp³-hybridized carbons (Fsp3) is 0.417. The molecule has 31 heavy (non-hydrogen) atoms. The van der Waals surface area contributed by atoms with Gasteiger partial charge in [-0.15, -0.1) is 0 Å². The summed E-state index contributed by atoms with van der Waals surface area (Å²) in [5.41, 5.74) is 1.95. The van der Waals surface area contributed by atoms with E-state index in [4.69, 9.17) is 21.1 Å². The molecule has 2 aromatic carbocycles. The molecule has 7 heteroatoms. The van der Waals surface area contributed by atoms with Crippen molar-refractivity contribution in [3.8, 4) is 11.5 Å². The van der Waals surface area contributed by atoms with Gasteiger partial charge in [0, 0.05) is 24.5 Å². The van der Waals surface area contributed by atoms with Gasteiger partial charge in [-0.3, -0.25) is 9.59 Å². The molecule has 0 aliphatic rings. The largest absolute Gasteiger partial charge is 0.493 e. The lowest BCUT2D eigenvalue weighted by Gasteiger charge is -2.29. The molecule has 0 aliphatic carbocycles. The van der Waals surface area contributed by atoms with E-state index in [1.807, 2.05) is 37.3 Å². The zero-order chi connectivity index (χ0) is 22.8. The van der Waals surface area contributed by atoms with Crippen LogP contribution in [-0.4, -0.2) is 43.5 Å². The number of benzene rings is 2. The quantitative estimate of drug-likeness (QED) is 0.560. The number of methoxy groups -OCH3 is 2. The number of carbonyl (C=O) groups excluding carboxylic acids is 2. The monoisotopic (exact) mass is 446 g/mol. The molecule has 6 nitrogen and oxygen atoms in total. The Kier molecular flexibility index (Phi) is 9.66. The lowest BCUT2D eigenvalue weighted by molar-refractivity contribution is -0.140. The first-order valence-corrected chi connectivity index (χ1v) is 10.8. The smallest absolute Gasteiger partial charge is 0.242 e. The molecular formula is C24H31ClN2O4. The first kappa shape index (κ1) is 24.5. The van der Waals surface area contributed by atoms with Gasteiger partial charge in [-0.1, -0.05) is 36.7 Å². The third-order valence-electron chi connectivity index (χ3n) is 5.06. The van der Waals surface area contributed by atoms with Gasteiger partial charge in [-0.2, -0.15) is 0 Å². The Morgan fingerprint density at radius 2 is 1.68 bits per heavy atom. The molecule has 2 rings (SSSR count). The molecule has 2 amide bonds. The van der Waals surface area contributed by atoms with Crippen molar-refractivity contribution in [2.75, 3.05) is 20.8 Å². The second-order valence-electron chi connectivity index (χ2n) is 7.30. The third kappa shape index (κ3) is 7.17. The maximum Gasteiger partial charge on any atom is 0.242 e. The highest BCUT2D eigenvalue weighted by atomic mass is 35.5. The van der Waals surface area contributed by atoms with Crippen LogP contribution in [0.15, 0.2) is 42.5 Å². The molecular weight excluding hydrogens is 416 g/mol. The van der Waals surface area contributed by atoms with Gasteiger partial charge >= 0.3 is 0 Å². The summed E-state index contributed by atoms with van der Waals surface area (Å²) in [6.45, 7) is 4.52. The van der Waals surface area contributed by atoms with Gasteiger partial charge < -0.3 is 19.7 Å². The van der Waals surface area contributed by atoms with Crippen molar-refractivity contribution in [3.05, 3.63) is 58.6 Å². The van der Waals surface area contributed by atoms with Gasteiger partial charge in [0.15, 0.2) is 11.5 Å². The Morgan fingerprint density at radius 3 is 2.29 bits per heavy atom. The number of rotatable bonds is 11. The highest BCUT2D eigenvalue weighted by Crippen LogP contribution is 2.27. The zero-order valence-electron chi connectivity index (χ0n) is 18.6. The third-order valence-corrected chi connectivity index (χ3v) is 5.31. The average molecular weight is 447 g/mol. The predicted molar refractivity (Wildman–Crippen MR) is 123 cm³/mol. The molecule has 0 heterocycles. The molecule has 0 saturated carbocycles. The van der Waals surface area contributed by atoms with E-state index in [1.54, 1.807) is 38.2 Å². The second-order valence-corrected chi connectivity index (χ2v) is 7.74. The highest BCUT2D eigenvalue weighted by molar-refractivity contribution is 6.30. The van der Waals surface area contributed by atoms with Crippen LogP contribution in [0.3, 0.4) is 0 Å². The van der Waals surface area contributed by atoms with Crippen LogP contribution in [0.2, 0.25) is 5.02 Å². The van der Waals surface area contributed by atoms with Gasteiger partial charge in [-0.25, -0.2) is 0 Å². The molecule has 0 aliphatic heterocycles. The minimum absolute atomic E-state index is 0.0417. The van der Waals surface area contributed by atoms with Crippen LogP contribution in [0.25, 0.3) is 0 Å². The van der Waals surface area contributed by atoms with Crippen LogP contribution in [0.4, 0.5) is 0 Å². The SMILES string of the molecule is CCCC(=O)N(Cc1ccc(Cl)cc1)[C@H](C)C(=O)NCCc1ccc(OC)c(OC)c1. The van der Waals surface area contributed by atoms with Gasteiger partial charge in [0.2, 0.25) is 11.8 Å². The summed E-state index contributed by atoms with van der Waals surface area (Å²) in [5.74, 6) is 1.09. The summed E-state index contributed by atoms with van der Waals surface area (Å²) >= 11 is 5.96. The van der Waals surface area contributed by atoms with Gasteiger partial charge in [0.25, 0.3) is 0 Å². The number of amides is 2. The Hall–Kier alpha value is -2.73. The number of carbonyl (C=O) groups is 2. The second kappa shape index (κ2) is 12.2. The van der Waals surface area contributed by atoms with Gasteiger partial charge in [-0.05, 0) is 55.2 Å². The zero-order valence-corrected chi connectivity index (χ0v) is 19.4. The Bertz CT molecular complexity index is 870. The first-order chi connectivity index (χ1) is 14.9. The van der Waals surface area contributed by atoms with E-state index in [9.17, 15) is 9.59 Å². The van der Waals surface area contributed by atoms with E-state index in [0.29, 0.717) is 42.5 Å². The molecule has 0 bridgehead atoms. The number of nitrogens with one attached hydrogen (secondary N) is 1. The maximum absolute atomic E-state index is 12.8. The van der Waals surface area contributed by atoms with Crippen LogP contribution in [0.1, 0.15) is 37.8 Å². The van der Waals surface area contributed by atoms with Crippen molar-refractivity contribution in [2.24, 2.45) is 0 Å². The number of hydrogen-bond donors (Lipinski definition) is 1. The molecule has 1 N–H and O–H groups in total. The lowest BCUT2D eigenvalue weighted by atomic mass is 10.1. The van der Waals surface area contributed by atoms with E-state index < -0.39 is 6.04 Å². The summed E-state index contributed by atoms with van der Waals surface area (Å²) in [5, 5.41) is 3.58. The summed E-state index contributed by atoms with van der Waals surface area (Å²) in [4.78, 5) is 27.1. The van der Waals surface area contributed by atoms with Crippen molar-refractivity contribution < 1.29 is 19.1 Å². The highest BCUT2D eigenvalue weighted by Gasteiger charge is 2.25. The summed E-state index contributed by atoms with van der Waals surface area (Å²) in [7, 11) is 3.18. The van der Waals surface area contributed by atoms with Crippen molar-refractivity contribution >= 4 is 23.4 Å². The van der Waals surface area contributed by atoms with Crippen LogP contribution >= 0.6 is 11.6 Å². The van der Waals surface area contributed by atoms with E-state index in [-0.39, 0.29) is 11.8 Å². The maximum atomic E-state index is 12.8. The number of hydrogen-bond acceptors (Lipinski definition) is 4. The molecule has 0 radical (unpaired) electrons. The fourth-order valence-corrected chi connectivity index (χ4v) is 3.37. The van der Waals surface area contributed by atoms with Crippen LogP contribution in [0.5, 0.6) is 11.5 Å². The Balaban J connectivity index is 2.00. The molecule has 0 unspecified atom stereocenters. The van der Waals surface area contributed by atoms with Crippen LogP contribution in [-0.2, 0) is 22.6 Å². The standard InChI is InChI=1S/C24H31ClN2O4/c1-5-6-23(28)27(16-19-7-10-20(25)11-8-19)17(2)24(29)26-14-13-18-9-12-21(30-3)22(15-18)31-4/h7-12,15,17H,5-6,13-14,16H2,1-4H3,(H,26,29)/t17-/m1/s1. The van der Waals surface area contributed by atoms with Crippen LogP contribution < -0.4 is 14.8 Å². The Morgan fingerprint density at radius 1 is 1.03 bits per heavy atom. The molecule has 1 atom stereocenters. The summed E-state index contributed by atoms with van der Waals surface area (Å²) in [6.07, 6.45) is 1.76. The molecule has 168 valence electrons. The summed E-state index contributed by atoms with van der Waals surface area (Å²) in [6, 6.07) is 12.4. The van der Waals surface area contributed by atoms with Gasteiger partial charge in [0.1, 0.15) is 6.04 Å². The van der Waals surface area contributed by atoms with Crippen molar-refractivity contribution in [1.29, 1.82) is 0 Å². The van der Waals surface area contributed by atoms with E-state index in [0.717, 1.165) is 17.5 Å². The minimum atomic E-state index is -0.583. The summed E-state index contributed by atoms with van der Waals surface area (Å²) < 4.78 is 10.6. The fourth-order valence-electron chi connectivity index (χ4n) is 3.24. The van der Waals surface area contributed by atoms with Gasteiger partial charge in [0.05, 0.1) is 14.2 Å². The van der Waals surface area contributed by atoms with Crippen molar-refractivity contribution in [1.82, 2.24) is 10.2 Å². The average Bonchev–Trinajstić information content (AvgIpc) is 2.78. The molecule has 0 saturated heterocycles. The normalized spacial score (nSPS) is 11.5. The Labute approximate surface area is 189 Å². The lowest BCUT2D eigenvalue weighted by Crippen LogP contribution is -2.47. The topological polar surface area (TPSA) is 67.9 Å².